The maximum Gasteiger partial charge on any atom is 0.270 e. The van der Waals surface area contributed by atoms with Crippen molar-refractivity contribution in [3.63, 3.8) is 0 Å². The molecule has 0 radical (unpaired) electrons. The first-order chi connectivity index (χ1) is 12.4. The number of nitrogens with zero attached hydrogens (tertiary/aromatic N) is 2. The van der Waals surface area contributed by atoms with Gasteiger partial charge in [0.05, 0.1) is 10.8 Å². The largest absolute Gasteiger partial charge is 0.417 e. The van der Waals surface area contributed by atoms with Crippen LogP contribution >= 0.6 is 11.9 Å². The number of amides is 1. The minimum Gasteiger partial charge on any atom is -0.417 e. The zero-order valence-electron chi connectivity index (χ0n) is 16.4. The summed E-state index contributed by atoms with van der Waals surface area (Å²) in [6.45, 7) is 11.9. The van der Waals surface area contributed by atoms with Crippen LogP contribution in [0.4, 0.5) is 5.69 Å². The lowest BCUT2D eigenvalue weighted by atomic mass is 9.99. The molecule has 1 aromatic rings. The third-order valence-electron chi connectivity index (χ3n) is 5.20. The molecule has 1 aromatic carbocycles. The van der Waals surface area contributed by atoms with Gasteiger partial charge in [-0.2, -0.15) is 0 Å². The summed E-state index contributed by atoms with van der Waals surface area (Å²) in [7, 11) is -1.82. The van der Waals surface area contributed by atoms with Crippen LogP contribution in [0.25, 0.3) is 0 Å². The fourth-order valence-corrected chi connectivity index (χ4v) is 4.32. The second-order valence-electron chi connectivity index (χ2n) is 8.18. The number of nitro groups is 1. The highest BCUT2D eigenvalue weighted by atomic mass is 32.2. The molecule has 7 nitrogen and oxygen atoms in total. The average molecular weight is 411 g/mol. The molecule has 0 aliphatic carbocycles. The van der Waals surface area contributed by atoms with Gasteiger partial charge in [-0.1, -0.05) is 26.8 Å². The Balaban J connectivity index is 1.82. The minimum absolute atomic E-state index is 0.0855. The summed E-state index contributed by atoms with van der Waals surface area (Å²) in [5.41, 5.74) is 0.0729. The van der Waals surface area contributed by atoms with E-state index in [1.54, 1.807) is 0 Å². The maximum absolute atomic E-state index is 12.3. The SMILES string of the molecule is CC(C)(C)[Si](C)(C)OCC[C@H]1CN(SC(=O)c2cccc([N+](=O)[O-])c2)C1=O. The number of nitro benzene ring substituents is 1. The summed E-state index contributed by atoms with van der Waals surface area (Å²) >= 11 is 0.805. The van der Waals surface area contributed by atoms with Gasteiger partial charge in [-0.15, -0.1) is 0 Å². The third-order valence-corrected chi connectivity index (χ3v) is 10.7. The van der Waals surface area contributed by atoms with Crippen LogP contribution < -0.4 is 0 Å². The quantitative estimate of drug-likeness (QED) is 0.219. The first kappa shape index (κ1) is 21.6. The van der Waals surface area contributed by atoms with E-state index in [9.17, 15) is 19.7 Å². The van der Waals surface area contributed by atoms with Crippen molar-refractivity contribution in [1.29, 1.82) is 0 Å². The fraction of sp³-hybridized carbons (Fsp3) is 0.556. The van der Waals surface area contributed by atoms with Gasteiger partial charge in [-0.25, -0.2) is 0 Å². The van der Waals surface area contributed by atoms with Crippen molar-refractivity contribution in [2.24, 2.45) is 5.92 Å². The van der Waals surface area contributed by atoms with Crippen LogP contribution in [0.2, 0.25) is 18.1 Å². The van der Waals surface area contributed by atoms with Crippen LogP contribution in [-0.4, -0.2) is 41.7 Å². The number of hydrogen-bond acceptors (Lipinski definition) is 6. The van der Waals surface area contributed by atoms with Gasteiger partial charge in [0, 0.05) is 42.8 Å². The van der Waals surface area contributed by atoms with Crippen molar-refractivity contribution in [3.05, 3.63) is 39.9 Å². The molecule has 1 atom stereocenters. The predicted molar refractivity (Wildman–Crippen MR) is 108 cm³/mol. The molecule has 1 aliphatic rings. The molecule has 1 saturated heterocycles. The number of benzene rings is 1. The van der Waals surface area contributed by atoms with E-state index in [4.69, 9.17) is 4.43 Å². The van der Waals surface area contributed by atoms with Crippen LogP contribution in [0.1, 0.15) is 37.6 Å². The van der Waals surface area contributed by atoms with Gasteiger partial charge in [0.25, 0.3) is 5.69 Å². The van der Waals surface area contributed by atoms with Crippen molar-refractivity contribution in [2.45, 2.75) is 45.3 Å². The normalized spacial score (nSPS) is 17.6. The van der Waals surface area contributed by atoms with Crippen molar-refractivity contribution in [2.75, 3.05) is 13.2 Å². The van der Waals surface area contributed by atoms with Crippen molar-refractivity contribution >= 4 is 37.0 Å². The Kier molecular flexibility index (Phi) is 6.49. The molecule has 0 spiro atoms. The molecule has 1 heterocycles. The van der Waals surface area contributed by atoms with E-state index in [1.807, 2.05) is 0 Å². The molecule has 0 aromatic heterocycles. The molecule has 0 N–H and O–H groups in total. The summed E-state index contributed by atoms with van der Waals surface area (Å²) in [5, 5.41) is 10.6. The molecule has 27 heavy (non-hydrogen) atoms. The highest BCUT2D eigenvalue weighted by Crippen LogP contribution is 2.37. The van der Waals surface area contributed by atoms with Gasteiger partial charge in [-0.3, -0.25) is 24.0 Å². The van der Waals surface area contributed by atoms with Gasteiger partial charge in [-0.05, 0) is 30.6 Å². The highest BCUT2D eigenvalue weighted by Gasteiger charge is 2.40. The maximum atomic E-state index is 12.3. The van der Waals surface area contributed by atoms with Crippen LogP contribution in [0.15, 0.2) is 24.3 Å². The van der Waals surface area contributed by atoms with E-state index in [1.165, 1.54) is 28.6 Å². The second kappa shape index (κ2) is 8.11. The molecule has 1 amide bonds. The molecular formula is C18H26N2O5SSi. The van der Waals surface area contributed by atoms with Crippen LogP contribution in [0.5, 0.6) is 0 Å². The Bertz CT molecular complexity index is 748. The van der Waals surface area contributed by atoms with Gasteiger partial charge < -0.3 is 4.43 Å². The van der Waals surface area contributed by atoms with Crippen molar-refractivity contribution in [3.8, 4) is 0 Å². The molecule has 148 valence electrons. The van der Waals surface area contributed by atoms with E-state index in [0.717, 1.165) is 11.9 Å². The van der Waals surface area contributed by atoms with Crippen molar-refractivity contribution in [1.82, 2.24) is 4.31 Å². The van der Waals surface area contributed by atoms with E-state index in [-0.39, 0.29) is 33.2 Å². The summed E-state index contributed by atoms with van der Waals surface area (Å²) in [5.74, 6) is -0.210. The first-order valence-corrected chi connectivity index (χ1v) is 12.5. The summed E-state index contributed by atoms with van der Waals surface area (Å²) < 4.78 is 7.52. The number of rotatable bonds is 7. The lowest BCUT2D eigenvalue weighted by molar-refractivity contribution is -0.384. The Labute approximate surface area is 164 Å². The standard InChI is InChI=1S/C18H26N2O5SSi/c1-18(2,3)27(4,5)25-10-9-14-12-19(16(14)21)26-17(22)13-7-6-8-15(11-13)20(23)24/h6-8,11,14H,9-10,12H2,1-5H3/t14-/m0/s1. The zero-order valence-corrected chi connectivity index (χ0v) is 18.2. The molecule has 2 rings (SSSR count). The monoisotopic (exact) mass is 410 g/mol. The molecule has 1 fully saturated rings. The second-order valence-corrected chi connectivity index (χ2v) is 14.0. The number of non-ortho nitro benzene ring substituents is 1. The molecule has 0 unspecified atom stereocenters. The van der Waals surface area contributed by atoms with Gasteiger partial charge >= 0.3 is 0 Å². The lowest BCUT2D eigenvalue weighted by Crippen LogP contribution is -2.50. The number of hydrogen-bond donors (Lipinski definition) is 0. The average Bonchev–Trinajstić information content (AvgIpc) is 2.58. The van der Waals surface area contributed by atoms with Gasteiger partial charge in [0.1, 0.15) is 0 Å². The Morgan fingerprint density at radius 2 is 2.07 bits per heavy atom. The third kappa shape index (κ3) is 5.17. The van der Waals surface area contributed by atoms with E-state index in [0.29, 0.717) is 19.6 Å². The van der Waals surface area contributed by atoms with Crippen LogP contribution in [0.3, 0.4) is 0 Å². The highest BCUT2D eigenvalue weighted by molar-refractivity contribution is 8.12. The molecule has 1 aliphatic heterocycles. The number of carbonyl (C=O) groups is 2. The van der Waals surface area contributed by atoms with Gasteiger partial charge in [0.2, 0.25) is 11.0 Å². The molecule has 9 heteroatoms. The zero-order chi connectivity index (χ0) is 20.4. The van der Waals surface area contributed by atoms with E-state index in [2.05, 4.69) is 33.9 Å². The van der Waals surface area contributed by atoms with E-state index < -0.39 is 13.2 Å². The molecule has 0 saturated carbocycles. The van der Waals surface area contributed by atoms with Crippen LogP contribution in [-0.2, 0) is 9.22 Å². The summed E-state index contributed by atoms with van der Waals surface area (Å²) in [6.07, 6.45) is 0.646. The van der Waals surface area contributed by atoms with E-state index >= 15 is 0 Å². The fourth-order valence-electron chi connectivity index (χ4n) is 2.33. The van der Waals surface area contributed by atoms with Crippen molar-refractivity contribution < 1.29 is 18.9 Å². The topological polar surface area (TPSA) is 89.8 Å². The number of β-lactam (4-membered cyclic amide) rings is 1. The van der Waals surface area contributed by atoms with Crippen LogP contribution in [0, 0.1) is 16.0 Å². The summed E-state index contributed by atoms with van der Waals surface area (Å²) in [6, 6.07) is 5.53. The molecular weight excluding hydrogens is 384 g/mol. The smallest absolute Gasteiger partial charge is 0.270 e. The lowest BCUT2D eigenvalue weighted by Gasteiger charge is -2.39. The Hall–Kier alpha value is -1.71. The molecule has 0 bridgehead atoms. The predicted octanol–water partition coefficient (Wildman–Crippen LogP) is 4.25. The first-order valence-electron chi connectivity index (χ1n) is 8.84. The Morgan fingerprint density at radius 1 is 1.41 bits per heavy atom. The number of carbonyl (C=O) groups excluding carboxylic acids is 2. The Morgan fingerprint density at radius 3 is 2.63 bits per heavy atom. The van der Waals surface area contributed by atoms with Gasteiger partial charge in [0.15, 0.2) is 8.32 Å². The summed E-state index contributed by atoms with van der Waals surface area (Å²) in [4.78, 5) is 34.8. The minimum atomic E-state index is -1.82.